The number of para-hydroxylation sites is 2. The number of carbonyl (C=O) groups is 1. The summed E-state index contributed by atoms with van der Waals surface area (Å²) in [5.41, 5.74) is 2.61. The molecule has 0 saturated carbocycles. The summed E-state index contributed by atoms with van der Waals surface area (Å²) in [5, 5.41) is 7.08. The highest BCUT2D eigenvalue weighted by molar-refractivity contribution is 5.82. The molecule has 0 fully saturated rings. The van der Waals surface area contributed by atoms with E-state index in [0.717, 1.165) is 16.8 Å². The van der Waals surface area contributed by atoms with Crippen LogP contribution >= 0.6 is 0 Å². The van der Waals surface area contributed by atoms with Crippen LogP contribution in [0, 0.1) is 0 Å². The van der Waals surface area contributed by atoms with Gasteiger partial charge in [0.1, 0.15) is 6.61 Å². The van der Waals surface area contributed by atoms with Crippen LogP contribution in [0.1, 0.15) is 5.56 Å². The van der Waals surface area contributed by atoms with Crippen molar-refractivity contribution in [2.45, 2.75) is 12.6 Å². The second-order valence-corrected chi connectivity index (χ2v) is 6.00. The van der Waals surface area contributed by atoms with E-state index in [0.29, 0.717) is 18.0 Å². The first-order valence-corrected chi connectivity index (χ1v) is 8.30. The first kappa shape index (κ1) is 16.1. The van der Waals surface area contributed by atoms with Crippen molar-refractivity contribution in [1.82, 2.24) is 20.1 Å². The van der Waals surface area contributed by atoms with Crippen LogP contribution in [0.4, 0.5) is 0 Å². The Morgan fingerprint density at radius 1 is 1.27 bits per heavy atom. The topological polar surface area (TPSA) is 78.3 Å². The minimum absolute atomic E-state index is 0.186. The highest BCUT2D eigenvalue weighted by Crippen LogP contribution is 2.30. The molecule has 2 aromatic heterocycles. The van der Waals surface area contributed by atoms with E-state index in [1.54, 1.807) is 23.1 Å². The van der Waals surface area contributed by atoms with Crippen LogP contribution in [-0.2, 0) is 18.4 Å². The molecule has 1 aliphatic rings. The number of fused-ring (bicyclic) bond motifs is 1. The third-order valence-corrected chi connectivity index (χ3v) is 4.12. The summed E-state index contributed by atoms with van der Waals surface area (Å²) in [4.78, 5) is 16.9. The zero-order valence-electron chi connectivity index (χ0n) is 14.3. The number of nitrogens with zero attached hydrogens (tertiary/aromatic N) is 3. The Labute approximate surface area is 150 Å². The number of hydrogen-bond acceptors (Lipinski definition) is 5. The molecule has 3 aromatic rings. The van der Waals surface area contributed by atoms with Gasteiger partial charge in [-0.05, 0) is 23.8 Å². The van der Waals surface area contributed by atoms with Crippen molar-refractivity contribution >= 4 is 5.91 Å². The molecule has 3 heterocycles. The number of pyridine rings is 1. The molecular weight excluding hydrogens is 332 g/mol. The quantitative estimate of drug-likeness (QED) is 0.778. The third kappa shape index (κ3) is 3.23. The highest BCUT2D eigenvalue weighted by Gasteiger charge is 2.27. The lowest BCUT2D eigenvalue weighted by Crippen LogP contribution is -2.43. The number of aryl methyl sites for hydroxylation is 1. The standard InChI is InChI=1S/C19H18N4O3/c1-23-11-14(10-22-23)18-13(5-4-8-20-18)9-21-19(24)17-12-25-15-6-2-3-7-16(15)26-17/h2-8,10-11,17H,9,12H2,1H3,(H,21,24). The number of ether oxygens (including phenoxy) is 2. The summed E-state index contributed by atoms with van der Waals surface area (Å²) in [7, 11) is 1.85. The largest absolute Gasteiger partial charge is 0.485 e. The van der Waals surface area contributed by atoms with Crippen molar-refractivity contribution in [3.05, 3.63) is 60.6 Å². The number of rotatable bonds is 4. The molecule has 0 bridgehead atoms. The van der Waals surface area contributed by atoms with Crippen LogP contribution in [0.5, 0.6) is 11.5 Å². The first-order valence-electron chi connectivity index (χ1n) is 8.30. The molecule has 0 aliphatic carbocycles. The number of carbonyl (C=O) groups excluding carboxylic acids is 1. The molecule has 7 nitrogen and oxygen atoms in total. The smallest absolute Gasteiger partial charge is 0.264 e. The molecule has 7 heteroatoms. The molecule has 1 atom stereocenters. The molecule has 0 saturated heterocycles. The van der Waals surface area contributed by atoms with Crippen LogP contribution in [0.25, 0.3) is 11.3 Å². The SMILES string of the molecule is Cn1cc(-c2ncccc2CNC(=O)C2COc3ccccc3O2)cn1. The Hall–Kier alpha value is -3.35. The maximum atomic E-state index is 12.5. The summed E-state index contributed by atoms with van der Waals surface area (Å²) in [6.07, 6.45) is 4.69. The van der Waals surface area contributed by atoms with Crippen molar-refractivity contribution < 1.29 is 14.3 Å². The van der Waals surface area contributed by atoms with E-state index in [2.05, 4.69) is 15.4 Å². The molecule has 1 aliphatic heterocycles. The van der Waals surface area contributed by atoms with E-state index >= 15 is 0 Å². The molecule has 132 valence electrons. The highest BCUT2D eigenvalue weighted by atomic mass is 16.6. The van der Waals surface area contributed by atoms with Crippen LogP contribution in [0.2, 0.25) is 0 Å². The van der Waals surface area contributed by atoms with Crippen LogP contribution in [0.3, 0.4) is 0 Å². The van der Waals surface area contributed by atoms with Crippen LogP contribution in [-0.4, -0.2) is 33.4 Å². The molecule has 1 N–H and O–H groups in total. The van der Waals surface area contributed by atoms with Gasteiger partial charge in [-0.1, -0.05) is 18.2 Å². The fourth-order valence-electron chi connectivity index (χ4n) is 2.83. The number of nitrogens with one attached hydrogen (secondary N) is 1. The molecule has 26 heavy (non-hydrogen) atoms. The monoisotopic (exact) mass is 350 g/mol. The third-order valence-electron chi connectivity index (χ3n) is 4.12. The average Bonchev–Trinajstić information content (AvgIpc) is 3.12. The van der Waals surface area contributed by atoms with Crippen LogP contribution < -0.4 is 14.8 Å². The van der Waals surface area contributed by atoms with Crippen LogP contribution in [0.15, 0.2) is 55.0 Å². The molecular formula is C19H18N4O3. The summed E-state index contributed by atoms with van der Waals surface area (Å²) < 4.78 is 13.0. The molecule has 1 unspecified atom stereocenters. The molecule has 0 spiro atoms. The second kappa shape index (κ2) is 6.87. The lowest BCUT2D eigenvalue weighted by Gasteiger charge is -2.25. The number of amides is 1. The Kier molecular flexibility index (Phi) is 4.27. The summed E-state index contributed by atoms with van der Waals surface area (Å²) in [5.74, 6) is 1.01. The molecule has 4 rings (SSSR count). The minimum Gasteiger partial charge on any atom is -0.485 e. The van der Waals surface area contributed by atoms with Crippen molar-refractivity contribution in [1.29, 1.82) is 0 Å². The second-order valence-electron chi connectivity index (χ2n) is 6.00. The first-order chi connectivity index (χ1) is 12.7. The van der Waals surface area contributed by atoms with Gasteiger partial charge < -0.3 is 14.8 Å². The predicted molar refractivity (Wildman–Crippen MR) is 94.6 cm³/mol. The minimum atomic E-state index is -0.677. The van der Waals surface area contributed by atoms with Gasteiger partial charge in [-0.2, -0.15) is 5.10 Å². The summed E-state index contributed by atoms with van der Waals surface area (Å²) >= 11 is 0. The van der Waals surface area contributed by atoms with Crippen molar-refractivity contribution in [2.75, 3.05) is 6.61 Å². The zero-order chi connectivity index (χ0) is 17.9. The number of aromatic nitrogens is 3. The summed E-state index contributed by atoms with van der Waals surface area (Å²) in [6, 6.07) is 11.1. The van der Waals surface area contributed by atoms with E-state index in [-0.39, 0.29) is 12.5 Å². The fourth-order valence-corrected chi connectivity index (χ4v) is 2.83. The Bertz CT molecular complexity index is 938. The van der Waals surface area contributed by atoms with Gasteiger partial charge >= 0.3 is 0 Å². The average molecular weight is 350 g/mol. The van der Waals surface area contributed by atoms with Crippen molar-refractivity contribution in [3.8, 4) is 22.8 Å². The van der Waals surface area contributed by atoms with Gasteiger partial charge in [-0.15, -0.1) is 0 Å². The lowest BCUT2D eigenvalue weighted by atomic mass is 10.1. The van der Waals surface area contributed by atoms with Gasteiger partial charge in [0.25, 0.3) is 5.91 Å². The van der Waals surface area contributed by atoms with Gasteiger partial charge in [0.15, 0.2) is 11.5 Å². The Morgan fingerprint density at radius 3 is 2.92 bits per heavy atom. The van der Waals surface area contributed by atoms with Gasteiger partial charge in [0.2, 0.25) is 6.10 Å². The Balaban J connectivity index is 1.44. The fraction of sp³-hybridized carbons (Fsp3) is 0.211. The predicted octanol–water partition coefficient (Wildman–Crippen LogP) is 1.94. The van der Waals surface area contributed by atoms with Gasteiger partial charge in [0.05, 0.1) is 11.9 Å². The maximum absolute atomic E-state index is 12.5. The normalized spacial score (nSPS) is 15.5. The van der Waals surface area contributed by atoms with E-state index in [1.807, 2.05) is 43.6 Å². The van der Waals surface area contributed by atoms with Gasteiger partial charge in [-0.3, -0.25) is 14.5 Å². The maximum Gasteiger partial charge on any atom is 0.264 e. The van der Waals surface area contributed by atoms with Gasteiger partial charge in [-0.25, -0.2) is 0 Å². The Morgan fingerprint density at radius 2 is 2.12 bits per heavy atom. The van der Waals surface area contributed by atoms with E-state index in [4.69, 9.17) is 9.47 Å². The molecule has 0 radical (unpaired) electrons. The van der Waals surface area contributed by atoms with Crippen molar-refractivity contribution in [3.63, 3.8) is 0 Å². The number of hydrogen-bond donors (Lipinski definition) is 1. The number of benzene rings is 1. The van der Waals surface area contributed by atoms with E-state index in [9.17, 15) is 4.79 Å². The van der Waals surface area contributed by atoms with E-state index in [1.165, 1.54) is 0 Å². The van der Waals surface area contributed by atoms with Gasteiger partial charge in [0, 0.05) is 31.5 Å². The summed E-state index contributed by atoms with van der Waals surface area (Å²) in [6.45, 7) is 0.532. The molecule has 1 amide bonds. The van der Waals surface area contributed by atoms with E-state index < -0.39 is 6.10 Å². The van der Waals surface area contributed by atoms with Crippen molar-refractivity contribution in [2.24, 2.45) is 7.05 Å². The molecule has 1 aromatic carbocycles. The lowest BCUT2D eigenvalue weighted by molar-refractivity contribution is -0.130. The zero-order valence-corrected chi connectivity index (χ0v) is 14.3.